The molecule has 2 aromatic heterocycles. The third-order valence-corrected chi connectivity index (χ3v) is 3.80. The molecule has 0 aliphatic rings. The number of hydrogen-bond donors (Lipinski definition) is 0. The molecule has 0 atom stereocenters. The summed E-state index contributed by atoms with van der Waals surface area (Å²) in [6.45, 7) is 5.81. The Bertz CT molecular complexity index is 632. The van der Waals surface area contributed by atoms with Crippen molar-refractivity contribution in [1.82, 2.24) is 19.7 Å². The predicted octanol–water partition coefficient (Wildman–Crippen LogP) is 1.62. The van der Waals surface area contributed by atoms with Crippen LogP contribution < -0.4 is 5.69 Å². The molecule has 0 bridgehead atoms. The van der Waals surface area contributed by atoms with E-state index < -0.39 is 0 Å². The molecule has 0 spiro atoms. The van der Waals surface area contributed by atoms with Crippen molar-refractivity contribution in [2.45, 2.75) is 33.7 Å². The van der Waals surface area contributed by atoms with E-state index in [0.29, 0.717) is 23.8 Å². The molecule has 0 saturated heterocycles. The summed E-state index contributed by atoms with van der Waals surface area (Å²) < 4.78 is 7.40. The van der Waals surface area contributed by atoms with E-state index in [1.807, 2.05) is 13.8 Å². The molecule has 18 heavy (non-hydrogen) atoms. The van der Waals surface area contributed by atoms with E-state index >= 15 is 0 Å². The van der Waals surface area contributed by atoms with Crippen LogP contribution in [0.4, 0.5) is 0 Å². The zero-order valence-electron chi connectivity index (χ0n) is 10.4. The molecule has 0 amide bonds. The number of rotatable bonds is 3. The molecule has 0 N–H and O–H groups in total. The Balaban J connectivity index is 2.40. The third-order valence-electron chi connectivity index (χ3n) is 2.65. The predicted molar refractivity (Wildman–Crippen MR) is 68.4 cm³/mol. The maximum Gasteiger partial charge on any atom is 0.348 e. The summed E-state index contributed by atoms with van der Waals surface area (Å²) in [5.41, 5.74) is 1.15. The van der Waals surface area contributed by atoms with Crippen LogP contribution in [0, 0.1) is 13.8 Å². The summed E-state index contributed by atoms with van der Waals surface area (Å²) >= 11 is 3.41. The topological polar surface area (TPSA) is 73.8 Å². The van der Waals surface area contributed by atoms with E-state index in [1.54, 1.807) is 6.92 Å². The largest absolute Gasteiger partial charge is 0.348 e. The standard InChI is InChI=1S/C11H13BrN4O2/c1-4-8-14-9(18-15-8)5-16-7(3)10(12)6(2)13-11(16)17/h4-5H2,1-3H3. The third kappa shape index (κ3) is 2.35. The lowest BCUT2D eigenvalue weighted by Gasteiger charge is -2.09. The van der Waals surface area contributed by atoms with Gasteiger partial charge in [0.1, 0.15) is 6.54 Å². The molecular formula is C11H13BrN4O2. The first kappa shape index (κ1) is 12.9. The van der Waals surface area contributed by atoms with Crippen LogP contribution in [0.3, 0.4) is 0 Å². The summed E-state index contributed by atoms with van der Waals surface area (Å²) in [5.74, 6) is 1.05. The summed E-state index contributed by atoms with van der Waals surface area (Å²) in [6.07, 6.45) is 0.702. The van der Waals surface area contributed by atoms with Crippen LogP contribution >= 0.6 is 15.9 Å². The normalized spacial score (nSPS) is 10.9. The highest BCUT2D eigenvalue weighted by atomic mass is 79.9. The maximum atomic E-state index is 11.8. The monoisotopic (exact) mass is 312 g/mol. The van der Waals surface area contributed by atoms with Crippen LogP contribution in [0.15, 0.2) is 13.8 Å². The molecular weight excluding hydrogens is 300 g/mol. The Hall–Kier alpha value is -1.50. The molecule has 96 valence electrons. The van der Waals surface area contributed by atoms with Crippen LogP contribution in [-0.4, -0.2) is 19.7 Å². The van der Waals surface area contributed by atoms with Gasteiger partial charge in [0, 0.05) is 12.1 Å². The molecule has 7 heteroatoms. The molecule has 6 nitrogen and oxygen atoms in total. The zero-order chi connectivity index (χ0) is 13.3. The van der Waals surface area contributed by atoms with Gasteiger partial charge in [0.15, 0.2) is 5.82 Å². The van der Waals surface area contributed by atoms with Crippen LogP contribution in [-0.2, 0) is 13.0 Å². The number of aromatic nitrogens is 4. The van der Waals surface area contributed by atoms with Crippen LogP contribution in [0.1, 0.15) is 30.0 Å². The summed E-state index contributed by atoms with van der Waals surface area (Å²) in [6, 6.07) is 0. The number of aryl methyl sites for hydroxylation is 2. The second kappa shape index (κ2) is 5.01. The first-order valence-electron chi connectivity index (χ1n) is 5.58. The number of nitrogens with zero attached hydrogens (tertiary/aromatic N) is 4. The highest BCUT2D eigenvalue weighted by Gasteiger charge is 2.12. The van der Waals surface area contributed by atoms with E-state index in [4.69, 9.17) is 4.52 Å². The summed E-state index contributed by atoms with van der Waals surface area (Å²) in [7, 11) is 0. The quantitative estimate of drug-likeness (QED) is 0.861. The first-order valence-corrected chi connectivity index (χ1v) is 6.37. The molecule has 0 saturated carbocycles. The smallest absolute Gasteiger partial charge is 0.337 e. The number of hydrogen-bond acceptors (Lipinski definition) is 5. The SMILES string of the molecule is CCc1noc(Cn2c(C)c(Br)c(C)nc2=O)n1. The van der Waals surface area contributed by atoms with Crippen LogP contribution in [0.5, 0.6) is 0 Å². The van der Waals surface area contributed by atoms with Gasteiger partial charge < -0.3 is 4.52 Å². The van der Waals surface area contributed by atoms with Gasteiger partial charge in [-0.3, -0.25) is 4.57 Å². The average molecular weight is 313 g/mol. The molecule has 0 aliphatic carbocycles. The Morgan fingerprint density at radius 2 is 2.06 bits per heavy atom. The second-order valence-electron chi connectivity index (χ2n) is 3.92. The van der Waals surface area contributed by atoms with Gasteiger partial charge in [-0.2, -0.15) is 9.97 Å². The first-order chi connectivity index (χ1) is 8.52. The van der Waals surface area contributed by atoms with Gasteiger partial charge in [-0.05, 0) is 29.8 Å². The van der Waals surface area contributed by atoms with Crippen molar-refractivity contribution in [3.63, 3.8) is 0 Å². The fourth-order valence-corrected chi connectivity index (χ4v) is 1.90. The Kier molecular flexibility index (Phi) is 3.60. The van der Waals surface area contributed by atoms with Crippen LogP contribution in [0.25, 0.3) is 0 Å². The van der Waals surface area contributed by atoms with Crippen molar-refractivity contribution >= 4 is 15.9 Å². The minimum absolute atomic E-state index is 0.240. The van der Waals surface area contributed by atoms with Gasteiger partial charge in [0.05, 0.1) is 10.2 Å². The Morgan fingerprint density at radius 1 is 1.33 bits per heavy atom. The zero-order valence-corrected chi connectivity index (χ0v) is 12.0. The van der Waals surface area contributed by atoms with E-state index in [-0.39, 0.29) is 12.2 Å². The average Bonchev–Trinajstić information content (AvgIpc) is 2.80. The lowest BCUT2D eigenvalue weighted by atomic mass is 10.3. The van der Waals surface area contributed by atoms with Crippen molar-refractivity contribution in [3.8, 4) is 0 Å². The highest BCUT2D eigenvalue weighted by Crippen LogP contribution is 2.17. The molecule has 2 rings (SSSR count). The fraction of sp³-hybridized carbons (Fsp3) is 0.455. The molecule has 2 aromatic rings. The minimum atomic E-state index is -0.315. The molecule has 0 fully saturated rings. The van der Waals surface area contributed by atoms with E-state index in [1.165, 1.54) is 4.57 Å². The van der Waals surface area contributed by atoms with Gasteiger partial charge in [0.2, 0.25) is 5.89 Å². The molecule has 0 unspecified atom stereocenters. The van der Waals surface area contributed by atoms with Crippen LogP contribution in [0.2, 0.25) is 0 Å². The minimum Gasteiger partial charge on any atom is -0.337 e. The molecule has 0 aromatic carbocycles. The van der Waals surface area contributed by atoms with Gasteiger partial charge >= 0.3 is 5.69 Å². The summed E-state index contributed by atoms with van der Waals surface area (Å²) in [4.78, 5) is 19.9. The molecule has 2 heterocycles. The van der Waals surface area contributed by atoms with Crippen molar-refractivity contribution in [2.24, 2.45) is 0 Å². The van der Waals surface area contributed by atoms with Gasteiger partial charge in [-0.25, -0.2) is 4.79 Å². The van der Waals surface area contributed by atoms with Crippen molar-refractivity contribution in [3.05, 3.63) is 38.1 Å². The maximum absolute atomic E-state index is 11.8. The lowest BCUT2D eigenvalue weighted by Crippen LogP contribution is -2.27. The van der Waals surface area contributed by atoms with Gasteiger partial charge in [0.25, 0.3) is 0 Å². The highest BCUT2D eigenvalue weighted by molar-refractivity contribution is 9.10. The van der Waals surface area contributed by atoms with E-state index in [2.05, 4.69) is 31.1 Å². The van der Waals surface area contributed by atoms with Crippen molar-refractivity contribution < 1.29 is 4.52 Å². The van der Waals surface area contributed by atoms with Gasteiger partial charge in [-0.15, -0.1) is 0 Å². The Morgan fingerprint density at radius 3 is 2.67 bits per heavy atom. The van der Waals surface area contributed by atoms with Gasteiger partial charge in [-0.1, -0.05) is 12.1 Å². The summed E-state index contributed by atoms with van der Waals surface area (Å²) in [5, 5.41) is 3.80. The fourth-order valence-electron chi connectivity index (χ4n) is 1.60. The van der Waals surface area contributed by atoms with Crippen molar-refractivity contribution in [2.75, 3.05) is 0 Å². The van der Waals surface area contributed by atoms with E-state index in [9.17, 15) is 4.79 Å². The number of halogens is 1. The lowest BCUT2D eigenvalue weighted by molar-refractivity contribution is 0.363. The Labute approximate surface area is 112 Å². The second-order valence-corrected chi connectivity index (χ2v) is 4.72. The molecule has 0 aliphatic heterocycles. The van der Waals surface area contributed by atoms with E-state index in [0.717, 1.165) is 10.2 Å². The van der Waals surface area contributed by atoms with Crippen molar-refractivity contribution in [1.29, 1.82) is 0 Å². The molecule has 0 radical (unpaired) electrons.